The van der Waals surface area contributed by atoms with E-state index in [0.717, 1.165) is 12.5 Å². The van der Waals surface area contributed by atoms with E-state index in [1.54, 1.807) is 0 Å². The van der Waals surface area contributed by atoms with Gasteiger partial charge in [-0.2, -0.15) is 0 Å². The summed E-state index contributed by atoms with van der Waals surface area (Å²) in [5.74, 6) is 1.07. The molecule has 3 heteroatoms. The lowest BCUT2D eigenvalue weighted by Gasteiger charge is -2.10. The highest BCUT2D eigenvalue weighted by atomic mass is 16.1. The van der Waals surface area contributed by atoms with Crippen LogP contribution in [0.3, 0.4) is 0 Å². The second-order valence-electron chi connectivity index (χ2n) is 5.19. The zero-order valence-corrected chi connectivity index (χ0v) is 10.7. The molecule has 0 radical (unpaired) electrons. The molecular formula is C13H26N2O. The molecule has 16 heavy (non-hydrogen) atoms. The summed E-state index contributed by atoms with van der Waals surface area (Å²) in [6.07, 6.45) is 8.24. The fourth-order valence-electron chi connectivity index (χ4n) is 2.39. The average molecular weight is 226 g/mol. The van der Waals surface area contributed by atoms with Crippen LogP contribution in [-0.4, -0.2) is 25.0 Å². The highest BCUT2D eigenvalue weighted by Crippen LogP contribution is 2.28. The van der Waals surface area contributed by atoms with Gasteiger partial charge >= 0.3 is 0 Å². The predicted octanol–water partition coefficient (Wildman–Crippen LogP) is 2.07. The summed E-state index contributed by atoms with van der Waals surface area (Å²) in [6, 6.07) is 0.243. The van der Waals surface area contributed by atoms with Gasteiger partial charge in [-0.3, -0.25) is 4.79 Å². The lowest BCUT2D eigenvalue weighted by atomic mass is 10.0. The van der Waals surface area contributed by atoms with Crippen LogP contribution in [0.15, 0.2) is 0 Å². The van der Waals surface area contributed by atoms with E-state index in [1.807, 2.05) is 13.8 Å². The van der Waals surface area contributed by atoms with E-state index in [4.69, 9.17) is 0 Å². The number of carbonyl (C=O) groups excluding carboxylic acids is 1. The van der Waals surface area contributed by atoms with Gasteiger partial charge in [0.15, 0.2) is 0 Å². The Morgan fingerprint density at radius 2 is 2.00 bits per heavy atom. The third-order valence-corrected chi connectivity index (χ3v) is 3.18. The van der Waals surface area contributed by atoms with Crippen LogP contribution in [0.4, 0.5) is 0 Å². The monoisotopic (exact) mass is 226 g/mol. The van der Waals surface area contributed by atoms with Crippen molar-refractivity contribution in [2.24, 2.45) is 5.92 Å². The Morgan fingerprint density at radius 3 is 2.62 bits per heavy atom. The molecule has 0 bridgehead atoms. The average Bonchev–Trinajstić information content (AvgIpc) is 2.68. The lowest BCUT2D eigenvalue weighted by Crippen LogP contribution is -2.37. The van der Waals surface area contributed by atoms with Crippen LogP contribution in [0.1, 0.15) is 52.4 Å². The van der Waals surface area contributed by atoms with Gasteiger partial charge in [-0.1, -0.05) is 25.7 Å². The summed E-state index contributed by atoms with van der Waals surface area (Å²) in [5, 5.41) is 6.08. The number of amides is 1. The minimum atomic E-state index is 0.107. The summed E-state index contributed by atoms with van der Waals surface area (Å²) in [7, 11) is 0. The molecule has 1 aliphatic carbocycles. The van der Waals surface area contributed by atoms with Crippen molar-refractivity contribution in [2.45, 2.75) is 58.4 Å². The van der Waals surface area contributed by atoms with Crippen molar-refractivity contribution >= 4 is 5.91 Å². The third kappa shape index (κ3) is 6.11. The number of hydrogen-bond donors (Lipinski definition) is 2. The first-order valence-corrected chi connectivity index (χ1v) is 6.68. The van der Waals surface area contributed by atoms with Crippen molar-refractivity contribution < 1.29 is 4.79 Å². The van der Waals surface area contributed by atoms with Crippen molar-refractivity contribution in [3.8, 4) is 0 Å². The van der Waals surface area contributed by atoms with Crippen LogP contribution in [0.25, 0.3) is 0 Å². The van der Waals surface area contributed by atoms with E-state index in [9.17, 15) is 4.79 Å². The van der Waals surface area contributed by atoms with Gasteiger partial charge in [0.1, 0.15) is 0 Å². The van der Waals surface area contributed by atoms with Crippen molar-refractivity contribution in [1.82, 2.24) is 10.6 Å². The van der Waals surface area contributed by atoms with Crippen molar-refractivity contribution in [3.63, 3.8) is 0 Å². The van der Waals surface area contributed by atoms with E-state index >= 15 is 0 Å². The van der Waals surface area contributed by atoms with Crippen molar-refractivity contribution in [1.29, 1.82) is 0 Å². The van der Waals surface area contributed by atoms with Gasteiger partial charge in [0.2, 0.25) is 5.91 Å². The lowest BCUT2D eigenvalue weighted by molar-refractivity contribution is -0.120. The smallest absolute Gasteiger partial charge is 0.234 e. The van der Waals surface area contributed by atoms with E-state index < -0.39 is 0 Å². The topological polar surface area (TPSA) is 41.1 Å². The highest BCUT2D eigenvalue weighted by Gasteiger charge is 2.13. The fraction of sp³-hybridized carbons (Fsp3) is 0.923. The largest absolute Gasteiger partial charge is 0.353 e. The Balaban J connectivity index is 1.89. The number of rotatable bonds is 7. The van der Waals surface area contributed by atoms with E-state index in [2.05, 4.69) is 10.6 Å². The fourth-order valence-corrected chi connectivity index (χ4v) is 2.39. The minimum Gasteiger partial charge on any atom is -0.353 e. The molecule has 1 aliphatic rings. The first kappa shape index (κ1) is 13.5. The second kappa shape index (κ2) is 7.66. The number of carbonyl (C=O) groups is 1. The molecule has 2 N–H and O–H groups in total. The summed E-state index contributed by atoms with van der Waals surface area (Å²) in [4.78, 5) is 11.3. The van der Waals surface area contributed by atoms with E-state index in [1.165, 1.54) is 38.5 Å². The molecule has 0 aromatic rings. The summed E-state index contributed by atoms with van der Waals surface area (Å²) < 4.78 is 0. The predicted molar refractivity (Wildman–Crippen MR) is 67.3 cm³/mol. The van der Waals surface area contributed by atoms with Gasteiger partial charge in [-0.15, -0.1) is 0 Å². The molecule has 1 saturated carbocycles. The zero-order chi connectivity index (χ0) is 11.8. The maximum atomic E-state index is 11.3. The molecule has 1 fully saturated rings. The highest BCUT2D eigenvalue weighted by molar-refractivity contribution is 5.78. The molecule has 3 nitrogen and oxygen atoms in total. The van der Waals surface area contributed by atoms with E-state index in [0.29, 0.717) is 6.54 Å². The molecule has 0 aliphatic heterocycles. The number of nitrogens with one attached hydrogen (secondary N) is 2. The molecule has 0 aromatic heterocycles. The van der Waals surface area contributed by atoms with Crippen molar-refractivity contribution in [3.05, 3.63) is 0 Å². The Morgan fingerprint density at radius 1 is 1.31 bits per heavy atom. The van der Waals surface area contributed by atoms with Crippen LogP contribution in [0.2, 0.25) is 0 Å². The molecule has 0 aromatic carbocycles. The van der Waals surface area contributed by atoms with Crippen LogP contribution in [-0.2, 0) is 4.79 Å². The van der Waals surface area contributed by atoms with Gasteiger partial charge in [-0.25, -0.2) is 0 Å². The maximum absolute atomic E-state index is 11.3. The van der Waals surface area contributed by atoms with Crippen LogP contribution in [0, 0.1) is 5.92 Å². The molecular weight excluding hydrogens is 200 g/mol. The molecule has 0 heterocycles. The summed E-state index contributed by atoms with van der Waals surface area (Å²) >= 11 is 0. The van der Waals surface area contributed by atoms with Gasteiger partial charge in [0.25, 0.3) is 0 Å². The first-order valence-electron chi connectivity index (χ1n) is 6.68. The molecule has 0 unspecified atom stereocenters. The Kier molecular flexibility index (Phi) is 6.46. The van der Waals surface area contributed by atoms with Gasteiger partial charge in [-0.05, 0) is 39.2 Å². The molecule has 0 atom stereocenters. The van der Waals surface area contributed by atoms with E-state index in [-0.39, 0.29) is 11.9 Å². The second-order valence-corrected chi connectivity index (χ2v) is 5.19. The molecule has 0 spiro atoms. The minimum absolute atomic E-state index is 0.107. The Labute approximate surface area is 99.4 Å². The standard InChI is InChI=1S/C13H26N2O/c1-11(2)15-13(16)10-14-9-5-8-12-6-3-4-7-12/h11-12,14H,3-10H2,1-2H3,(H,15,16). The molecule has 94 valence electrons. The number of hydrogen-bond acceptors (Lipinski definition) is 2. The van der Waals surface area contributed by atoms with Gasteiger partial charge in [0, 0.05) is 6.04 Å². The van der Waals surface area contributed by atoms with Crippen LogP contribution >= 0.6 is 0 Å². The summed E-state index contributed by atoms with van der Waals surface area (Å²) in [5.41, 5.74) is 0. The van der Waals surface area contributed by atoms with Crippen LogP contribution < -0.4 is 10.6 Å². The quantitative estimate of drug-likeness (QED) is 0.653. The zero-order valence-electron chi connectivity index (χ0n) is 10.7. The molecule has 1 amide bonds. The third-order valence-electron chi connectivity index (χ3n) is 3.18. The first-order chi connectivity index (χ1) is 7.68. The summed E-state index contributed by atoms with van der Waals surface area (Å²) in [6.45, 7) is 5.40. The van der Waals surface area contributed by atoms with Gasteiger partial charge in [0.05, 0.1) is 6.54 Å². The van der Waals surface area contributed by atoms with Gasteiger partial charge < -0.3 is 10.6 Å². The van der Waals surface area contributed by atoms with Crippen LogP contribution in [0.5, 0.6) is 0 Å². The molecule has 0 saturated heterocycles. The van der Waals surface area contributed by atoms with Crippen molar-refractivity contribution in [2.75, 3.05) is 13.1 Å². The maximum Gasteiger partial charge on any atom is 0.234 e. The Hall–Kier alpha value is -0.570. The normalized spacial score (nSPS) is 16.9. The Bertz CT molecular complexity index is 198. The SMILES string of the molecule is CC(C)NC(=O)CNCCCC1CCCC1. The molecule has 1 rings (SSSR count).